The fraction of sp³-hybridized carbons (Fsp3) is 0.250. The van der Waals surface area contributed by atoms with Crippen LogP contribution in [-0.2, 0) is 0 Å². The molecule has 1 fully saturated rings. The second kappa shape index (κ2) is 7.49. The Bertz CT molecular complexity index is 919. The second-order valence-electron chi connectivity index (χ2n) is 6.35. The molecule has 1 aromatic heterocycles. The van der Waals surface area contributed by atoms with Crippen LogP contribution in [0.25, 0.3) is 11.4 Å². The van der Waals surface area contributed by atoms with Gasteiger partial charge in [0.05, 0.1) is 18.3 Å². The lowest BCUT2D eigenvalue weighted by molar-refractivity contribution is 0.136. The van der Waals surface area contributed by atoms with Crippen LogP contribution in [0.4, 0.5) is 10.5 Å². The molecule has 1 aliphatic rings. The first-order chi connectivity index (χ1) is 13.3. The number of ether oxygens (including phenoxy) is 1. The summed E-state index contributed by atoms with van der Waals surface area (Å²) < 4.78 is 7.60. The van der Waals surface area contributed by atoms with Gasteiger partial charge in [-0.2, -0.15) is 0 Å². The molecule has 0 saturated carbocycles. The zero-order valence-corrected chi connectivity index (χ0v) is 15.1. The van der Waals surface area contributed by atoms with E-state index in [0.717, 1.165) is 11.4 Å². The number of benzene rings is 2. The van der Waals surface area contributed by atoms with Crippen LogP contribution >= 0.6 is 0 Å². The Morgan fingerprint density at radius 2 is 1.89 bits per heavy atom. The quantitative estimate of drug-likeness (QED) is 0.754. The minimum absolute atomic E-state index is 0.132. The zero-order chi connectivity index (χ0) is 18.6. The number of carbonyl (C=O) groups excluding carboxylic acids is 1. The summed E-state index contributed by atoms with van der Waals surface area (Å²) in [5.41, 5.74) is 1.70. The summed E-state index contributed by atoms with van der Waals surface area (Å²) in [6.07, 6.45) is 1.73. The van der Waals surface area contributed by atoms with Crippen molar-refractivity contribution in [1.82, 2.24) is 19.7 Å². The van der Waals surface area contributed by atoms with Crippen LogP contribution < -0.4 is 10.1 Å². The van der Waals surface area contributed by atoms with Gasteiger partial charge in [-0.25, -0.2) is 4.79 Å². The highest BCUT2D eigenvalue weighted by molar-refractivity contribution is 5.91. The first kappa shape index (κ1) is 17.1. The van der Waals surface area contributed by atoms with E-state index in [1.54, 1.807) is 11.2 Å². The van der Waals surface area contributed by atoms with Crippen molar-refractivity contribution in [2.75, 3.05) is 25.0 Å². The molecule has 7 heteroatoms. The van der Waals surface area contributed by atoms with E-state index in [0.29, 0.717) is 31.1 Å². The first-order valence-electron chi connectivity index (χ1n) is 8.99. The number of carbonyl (C=O) groups is 1. The molecule has 2 aromatic carbocycles. The van der Waals surface area contributed by atoms with Crippen LogP contribution in [-0.4, -0.2) is 45.4 Å². The predicted octanol–water partition coefficient (Wildman–Crippen LogP) is 3.43. The van der Waals surface area contributed by atoms with Crippen LogP contribution in [0.2, 0.25) is 0 Å². The minimum atomic E-state index is -0.132. The number of aromatic nitrogens is 3. The van der Waals surface area contributed by atoms with E-state index in [-0.39, 0.29) is 12.1 Å². The summed E-state index contributed by atoms with van der Waals surface area (Å²) in [5, 5.41) is 11.2. The number of nitrogens with one attached hydrogen (secondary N) is 1. The molecule has 0 radical (unpaired) electrons. The maximum Gasteiger partial charge on any atom is 0.322 e. The van der Waals surface area contributed by atoms with Crippen molar-refractivity contribution in [2.24, 2.45) is 0 Å². The summed E-state index contributed by atoms with van der Waals surface area (Å²) in [6.45, 7) is 3.69. The van der Waals surface area contributed by atoms with Crippen molar-refractivity contribution < 1.29 is 9.53 Å². The summed E-state index contributed by atoms with van der Waals surface area (Å²) in [4.78, 5) is 14.3. The second-order valence-corrected chi connectivity index (χ2v) is 6.35. The molecular weight excluding hydrogens is 342 g/mol. The average molecular weight is 363 g/mol. The summed E-state index contributed by atoms with van der Waals surface area (Å²) in [7, 11) is 0. The van der Waals surface area contributed by atoms with E-state index in [9.17, 15) is 4.79 Å². The molecule has 0 aliphatic carbocycles. The fourth-order valence-corrected chi connectivity index (χ4v) is 3.15. The molecule has 0 atom stereocenters. The van der Waals surface area contributed by atoms with Crippen LogP contribution in [0.15, 0.2) is 60.9 Å². The third kappa shape index (κ3) is 3.48. The predicted molar refractivity (Wildman–Crippen MR) is 103 cm³/mol. The molecule has 1 N–H and O–H groups in total. The molecule has 138 valence electrons. The topological polar surface area (TPSA) is 72.3 Å². The van der Waals surface area contributed by atoms with Gasteiger partial charge in [-0.1, -0.05) is 42.5 Å². The Kier molecular flexibility index (Phi) is 4.74. The standard InChI is InChI=1S/C20H21N5O2/c1-2-27-18-11-7-6-10-17(18)22-20(26)24-12-16(13-24)25-14-21-23-19(25)15-8-4-3-5-9-15/h3-11,14,16H,2,12-13H2,1H3,(H,22,26). The Balaban J connectivity index is 1.41. The molecule has 0 bridgehead atoms. The molecule has 27 heavy (non-hydrogen) atoms. The van der Waals surface area contributed by atoms with Crippen molar-refractivity contribution in [3.8, 4) is 17.1 Å². The normalized spacial score (nSPS) is 13.9. The molecule has 1 aliphatic heterocycles. The summed E-state index contributed by atoms with van der Waals surface area (Å²) in [6, 6.07) is 17.4. The van der Waals surface area contributed by atoms with Gasteiger partial charge in [0, 0.05) is 18.7 Å². The maximum absolute atomic E-state index is 12.5. The lowest BCUT2D eigenvalue weighted by atomic mass is 10.1. The Morgan fingerprint density at radius 3 is 2.67 bits per heavy atom. The highest BCUT2D eigenvalue weighted by atomic mass is 16.5. The minimum Gasteiger partial charge on any atom is -0.492 e. The number of amides is 2. The van der Waals surface area contributed by atoms with E-state index in [2.05, 4.69) is 15.5 Å². The monoisotopic (exact) mass is 363 g/mol. The van der Waals surface area contributed by atoms with Gasteiger partial charge < -0.3 is 19.5 Å². The fourth-order valence-electron chi connectivity index (χ4n) is 3.15. The number of anilines is 1. The molecule has 2 heterocycles. The number of rotatable bonds is 5. The van der Waals surface area contributed by atoms with E-state index in [1.165, 1.54) is 0 Å². The van der Waals surface area contributed by atoms with Gasteiger partial charge in [0.25, 0.3) is 0 Å². The zero-order valence-electron chi connectivity index (χ0n) is 15.1. The van der Waals surface area contributed by atoms with Gasteiger partial charge in [-0.05, 0) is 19.1 Å². The highest BCUT2D eigenvalue weighted by Crippen LogP contribution is 2.29. The Labute approximate surface area is 157 Å². The SMILES string of the molecule is CCOc1ccccc1NC(=O)N1CC(n2cnnc2-c2ccccc2)C1. The lowest BCUT2D eigenvalue weighted by Gasteiger charge is -2.40. The van der Waals surface area contributed by atoms with E-state index in [4.69, 9.17) is 4.74 Å². The lowest BCUT2D eigenvalue weighted by Crippen LogP contribution is -2.52. The molecule has 0 spiro atoms. The van der Waals surface area contributed by atoms with E-state index < -0.39 is 0 Å². The van der Waals surface area contributed by atoms with Crippen molar-refractivity contribution in [3.63, 3.8) is 0 Å². The van der Waals surface area contributed by atoms with Gasteiger partial charge in [0.2, 0.25) is 0 Å². The van der Waals surface area contributed by atoms with Gasteiger partial charge in [-0.15, -0.1) is 10.2 Å². The number of hydrogen-bond acceptors (Lipinski definition) is 4. The van der Waals surface area contributed by atoms with Gasteiger partial charge in [-0.3, -0.25) is 0 Å². The molecule has 0 unspecified atom stereocenters. The van der Waals surface area contributed by atoms with Crippen LogP contribution in [0.5, 0.6) is 5.75 Å². The van der Waals surface area contributed by atoms with Crippen LogP contribution in [0.1, 0.15) is 13.0 Å². The number of likely N-dealkylation sites (tertiary alicyclic amines) is 1. The van der Waals surface area contributed by atoms with Crippen molar-refractivity contribution >= 4 is 11.7 Å². The first-order valence-corrected chi connectivity index (χ1v) is 8.99. The van der Waals surface area contributed by atoms with Crippen molar-refractivity contribution in [1.29, 1.82) is 0 Å². The number of nitrogens with zero attached hydrogens (tertiary/aromatic N) is 4. The summed E-state index contributed by atoms with van der Waals surface area (Å²) in [5.74, 6) is 1.50. The smallest absolute Gasteiger partial charge is 0.322 e. The Hall–Kier alpha value is -3.35. The van der Waals surface area contributed by atoms with E-state index in [1.807, 2.05) is 66.1 Å². The largest absolute Gasteiger partial charge is 0.492 e. The van der Waals surface area contributed by atoms with Crippen molar-refractivity contribution in [2.45, 2.75) is 13.0 Å². The number of para-hydroxylation sites is 2. The third-order valence-electron chi connectivity index (χ3n) is 4.58. The number of urea groups is 1. The number of hydrogen-bond donors (Lipinski definition) is 1. The van der Waals surface area contributed by atoms with Gasteiger partial charge in [0.1, 0.15) is 12.1 Å². The Morgan fingerprint density at radius 1 is 1.15 bits per heavy atom. The molecule has 1 saturated heterocycles. The molecule has 4 rings (SSSR count). The molecule has 3 aromatic rings. The van der Waals surface area contributed by atoms with Gasteiger partial charge >= 0.3 is 6.03 Å². The summed E-state index contributed by atoms with van der Waals surface area (Å²) >= 11 is 0. The molecular formula is C20H21N5O2. The maximum atomic E-state index is 12.5. The molecule has 7 nitrogen and oxygen atoms in total. The highest BCUT2D eigenvalue weighted by Gasteiger charge is 2.33. The molecule has 2 amide bonds. The average Bonchev–Trinajstić information content (AvgIpc) is 3.12. The van der Waals surface area contributed by atoms with Crippen LogP contribution in [0, 0.1) is 0 Å². The third-order valence-corrected chi connectivity index (χ3v) is 4.58. The van der Waals surface area contributed by atoms with Gasteiger partial charge in [0.15, 0.2) is 5.82 Å². The van der Waals surface area contributed by atoms with Crippen LogP contribution in [0.3, 0.4) is 0 Å². The van der Waals surface area contributed by atoms with Crippen molar-refractivity contribution in [3.05, 3.63) is 60.9 Å². The van der Waals surface area contributed by atoms with E-state index >= 15 is 0 Å².